The van der Waals surface area contributed by atoms with Gasteiger partial charge < -0.3 is 25.4 Å². The van der Waals surface area contributed by atoms with Gasteiger partial charge in [0.15, 0.2) is 0 Å². The van der Waals surface area contributed by atoms with Crippen LogP contribution in [-0.2, 0) is 0 Å². The molecule has 1 fully saturated rings. The van der Waals surface area contributed by atoms with Crippen molar-refractivity contribution in [1.29, 1.82) is 0 Å². The van der Waals surface area contributed by atoms with Crippen LogP contribution in [0.1, 0.15) is 6.42 Å². The molecule has 0 radical (unpaired) electrons. The number of aromatic nitrogens is 2. The highest BCUT2D eigenvalue weighted by atomic mass is 19.4. The standard InChI is InChI=1S/C21H29F3N6O2/c1-29-9-11-30(12-10-29)8-7-25-19-15-18(27-20(28-19)26-6-3-13-31)16-4-2-5-17(14-16)32-21(22,23)24/h2,4-5,14-15,31H,3,6-13H2,1H3,(H2,25,26,27,28). The molecule has 3 N–H and O–H groups in total. The van der Waals surface area contributed by atoms with Gasteiger partial charge in [0, 0.05) is 64.0 Å². The summed E-state index contributed by atoms with van der Waals surface area (Å²) in [4.78, 5) is 13.5. The van der Waals surface area contributed by atoms with Crippen LogP contribution in [0.5, 0.6) is 5.75 Å². The van der Waals surface area contributed by atoms with Crippen LogP contribution >= 0.6 is 0 Å². The smallest absolute Gasteiger partial charge is 0.406 e. The lowest BCUT2D eigenvalue weighted by atomic mass is 10.1. The molecular formula is C21H29F3N6O2. The number of anilines is 2. The Bertz CT molecular complexity index is 860. The maximum Gasteiger partial charge on any atom is 0.573 e. The number of likely N-dealkylation sites (N-methyl/N-ethyl adjacent to an activating group) is 1. The molecule has 2 aromatic rings. The van der Waals surface area contributed by atoms with Gasteiger partial charge in [0.05, 0.1) is 5.69 Å². The monoisotopic (exact) mass is 454 g/mol. The van der Waals surface area contributed by atoms with Crippen LogP contribution in [0.3, 0.4) is 0 Å². The van der Waals surface area contributed by atoms with Crippen molar-refractivity contribution in [2.45, 2.75) is 12.8 Å². The molecule has 32 heavy (non-hydrogen) atoms. The van der Waals surface area contributed by atoms with E-state index in [4.69, 9.17) is 5.11 Å². The molecule has 11 heteroatoms. The maximum atomic E-state index is 12.6. The molecular weight excluding hydrogens is 425 g/mol. The minimum absolute atomic E-state index is 0.0274. The molecule has 176 valence electrons. The first-order chi connectivity index (χ1) is 15.3. The van der Waals surface area contributed by atoms with E-state index in [0.717, 1.165) is 32.7 Å². The minimum atomic E-state index is -4.77. The highest BCUT2D eigenvalue weighted by molar-refractivity contribution is 5.65. The van der Waals surface area contributed by atoms with Crippen LogP contribution in [-0.4, -0.2) is 90.7 Å². The minimum Gasteiger partial charge on any atom is -0.406 e. The number of nitrogens with one attached hydrogen (secondary N) is 2. The summed E-state index contributed by atoms with van der Waals surface area (Å²) in [5, 5.41) is 15.3. The molecule has 3 rings (SSSR count). The number of benzene rings is 1. The second-order valence-electron chi connectivity index (χ2n) is 7.61. The molecule has 2 heterocycles. The van der Waals surface area contributed by atoms with E-state index < -0.39 is 6.36 Å². The third kappa shape index (κ3) is 7.81. The SMILES string of the molecule is CN1CCN(CCNc2cc(-c3cccc(OC(F)(F)F)c3)nc(NCCCO)n2)CC1. The molecule has 1 saturated heterocycles. The summed E-state index contributed by atoms with van der Waals surface area (Å²) in [6.45, 7) is 6.11. The quantitative estimate of drug-likeness (QED) is 0.473. The Labute approximate surface area is 185 Å². The number of hydrogen-bond acceptors (Lipinski definition) is 8. The number of hydrogen-bond donors (Lipinski definition) is 3. The maximum absolute atomic E-state index is 12.6. The van der Waals surface area contributed by atoms with Crippen molar-refractivity contribution in [3.05, 3.63) is 30.3 Å². The molecule has 8 nitrogen and oxygen atoms in total. The molecule has 0 atom stereocenters. The summed E-state index contributed by atoms with van der Waals surface area (Å²) >= 11 is 0. The lowest BCUT2D eigenvalue weighted by Gasteiger charge is -2.32. The highest BCUT2D eigenvalue weighted by Crippen LogP contribution is 2.28. The van der Waals surface area contributed by atoms with Crippen LogP contribution < -0.4 is 15.4 Å². The molecule has 0 bridgehead atoms. The average molecular weight is 454 g/mol. The molecule has 0 spiro atoms. The zero-order chi connectivity index (χ0) is 23.0. The summed E-state index contributed by atoms with van der Waals surface area (Å²) < 4.78 is 41.8. The third-order valence-electron chi connectivity index (χ3n) is 5.04. The Morgan fingerprint density at radius 3 is 2.56 bits per heavy atom. The third-order valence-corrected chi connectivity index (χ3v) is 5.04. The number of piperazine rings is 1. The van der Waals surface area contributed by atoms with E-state index in [1.807, 2.05) is 0 Å². The molecule has 1 aromatic carbocycles. The van der Waals surface area contributed by atoms with Crippen molar-refractivity contribution < 1.29 is 23.0 Å². The first-order valence-electron chi connectivity index (χ1n) is 10.6. The van der Waals surface area contributed by atoms with Crippen LogP contribution in [0.2, 0.25) is 0 Å². The Morgan fingerprint density at radius 1 is 1.06 bits per heavy atom. The van der Waals surface area contributed by atoms with Crippen molar-refractivity contribution >= 4 is 11.8 Å². The second-order valence-corrected chi connectivity index (χ2v) is 7.61. The predicted molar refractivity (Wildman–Crippen MR) is 117 cm³/mol. The van der Waals surface area contributed by atoms with Crippen LogP contribution in [0.25, 0.3) is 11.3 Å². The van der Waals surface area contributed by atoms with E-state index in [2.05, 4.69) is 42.2 Å². The van der Waals surface area contributed by atoms with Gasteiger partial charge in [-0.2, -0.15) is 4.98 Å². The van der Waals surface area contributed by atoms with Gasteiger partial charge in [0.1, 0.15) is 11.6 Å². The van der Waals surface area contributed by atoms with Gasteiger partial charge in [-0.15, -0.1) is 13.2 Å². The molecule has 1 aromatic heterocycles. The van der Waals surface area contributed by atoms with Crippen LogP contribution in [0.15, 0.2) is 30.3 Å². The van der Waals surface area contributed by atoms with Crippen molar-refractivity contribution in [2.75, 3.05) is 70.1 Å². The lowest BCUT2D eigenvalue weighted by molar-refractivity contribution is -0.274. The number of rotatable bonds is 10. The molecule has 0 unspecified atom stereocenters. The van der Waals surface area contributed by atoms with E-state index in [0.29, 0.717) is 42.5 Å². The predicted octanol–water partition coefficient (Wildman–Crippen LogP) is 2.50. The lowest BCUT2D eigenvalue weighted by Crippen LogP contribution is -2.45. The number of ether oxygens (including phenoxy) is 1. The van der Waals surface area contributed by atoms with Crippen molar-refractivity contribution in [3.63, 3.8) is 0 Å². The Morgan fingerprint density at radius 2 is 1.84 bits per heavy atom. The number of nitrogens with zero attached hydrogens (tertiary/aromatic N) is 4. The number of alkyl halides is 3. The molecule has 1 aliphatic heterocycles. The fourth-order valence-electron chi connectivity index (χ4n) is 3.31. The van der Waals surface area contributed by atoms with Gasteiger partial charge in [-0.05, 0) is 25.6 Å². The Balaban J connectivity index is 1.73. The van der Waals surface area contributed by atoms with Crippen LogP contribution in [0, 0.1) is 0 Å². The first-order valence-corrected chi connectivity index (χ1v) is 10.6. The van der Waals surface area contributed by atoms with Crippen molar-refractivity contribution in [2.24, 2.45) is 0 Å². The Kier molecular flexibility index (Phi) is 8.48. The van der Waals surface area contributed by atoms with Gasteiger partial charge in [0.25, 0.3) is 0 Å². The fraction of sp³-hybridized carbons (Fsp3) is 0.524. The normalized spacial score (nSPS) is 15.5. The number of aliphatic hydroxyl groups is 1. The van der Waals surface area contributed by atoms with E-state index >= 15 is 0 Å². The van der Waals surface area contributed by atoms with Crippen LogP contribution in [0.4, 0.5) is 24.9 Å². The van der Waals surface area contributed by atoms with Gasteiger partial charge >= 0.3 is 6.36 Å². The van der Waals surface area contributed by atoms with E-state index in [9.17, 15) is 13.2 Å². The van der Waals surface area contributed by atoms with E-state index in [-0.39, 0.29) is 12.4 Å². The summed E-state index contributed by atoms with van der Waals surface area (Å²) in [7, 11) is 2.11. The second kappa shape index (κ2) is 11.3. The van der Waals surface area contributed by atoms with Gasteiger partial charge in [-0.1, -0.05) is 12.1 Å². The van der Waals surface area contributed by atoms with Gasteiger partial charge in [-0.25, -0.2) is 4.98 Å². The van der Waals surface area contributed by atoms with Gasteiger partial charge in [-0.3, -0.25) is 4.90 Å². The molecule has 1 aliphatic rings. The van der Waals surface area contributed by atoms with E-state index in [1.54, 1.807) is 12.1 Å². The number of aliphatic hydroxyl groups excluding tert-OH is 1. The molecule has 0 amide bonds. The fourth-order valence-corrected chi connectivity index (χ4v) is 3.31. The molecule has 0 saturated carbocycles. The first kappa shape index (κ1) is 24.0. The van der Waals surface area contributed by atoms with E-state index in [1.165, 1.54) is 18.2 Å². The summed E-state index contributed by atoms with van der Waals surface area (Å²) in [6.07, 6.45) is -4.24. The zero-order valence-electron chi connectivity index (χ0n) is 18.0. The number of halogens is 3. The summed E-state index contributed by atoms with van der Waals surface area (Å²) in [6, 6.07) is 7.39. The summed E-state index contributed by atoms with van der Waals surface area (Å²) in [5.41, 5.74) is 0.933. The van der Waals surface area contributed by atoms with Gasteiger partial charge in [0.2, 0.25) is 5.95 Å². The van der Waals surface area contributed by atoms with Crippen molar-refractivity contribution in [1.82, 2.24) is 19.8 Å². The largest absolute Gasteiger partial charge is 0.573 e. The highest BCUT2D eigenvalue weighted by Gasteiger charge is 2.31. The molecule has 0 aliphatic carbocycles. The topological polar surface area (TPSA) is 85.8 Å². The average Bonchev–Trinajstić information content (AvgIpc) is 2.74. The van der Waals surface area contributed by atoms with Crippen molar-refractivity contribution in [3.8, 4) is 17.0 Å². The summed E-state index contributed by atoms with van der Waals surface area (Å²) in [5.74, 6) is 0.589. The Hall–Kier alpha value is -2.63. The zero-order valence-corrected chi connectivity index (χ0v) is 18.0.